The van der Waals surface area contributed by atoms with E-state index in [4.69, 9.17) is 34.8 Å². The summed E-state index contributed by atoms with van der Waals surface area (Å²) in [5.41, 5.74) is 0.747. The van der Waals surface area contributed by atoms with Crippen molar-refractivity contribution in [3.8, 4) is 0 Å². The zero-order valence-corrected chi connectivity index (χ0v) is 13.8. The molecule has 4 aromatic rings. The van der Waals surface area contributed by atoms with Crippen molar-refractivity contribution >= 4 is 67.1 Å². The van der Waals surface area contributed by atoms with Crippen LogP contribution in [0, 0.1) is 0 Å². The number of halogens is 3. The quantitative estimate of drug-likeness (QED) is 0.238. The number of rotatable bonds is 0. The van der Waals surface area contributed by atoms with Gasteiger partial charge in [-0.2, -0.15) is 0 Å². The van der Waals surface area contributed by atoms with Crippen molar-refractivity contribution < 1.29 is 0 Å². The molecule has 0 aliphatic carbocycles. The molecule has 22 heavy (non-hydrogen) atoms. The highest BCUT2D eigenvalue weighted by Crippen LogP contribution is 2.46. The molecular formula is C19H11Cl3. The van der Waals surface area contributed by atoms with Crippen LogP contribution in [0.2, 0.25) is 0 Å². The van der Waals surface area contributed by atoms with E-state index in [0.717, 1.165) is 32.5 Å². The van der Waals surface area contributed by atoms with Gasteiger partial charge < -0.3 is 0 Å². The maximum atomic E-state index is 6.30. The second kappa shape index (κ2) is 5.03. The standard InChI is InChI=1S/C19H11Cl3/c20-19(21,22)18-16-8-4-3-7-14(16)10-15-9-12-5-1-2-6-13(12)11-17(15)18/h1-11H. The Morgan fingerprint density at radius 3 is 1.77 bits per heavy atom. The average molecular weight is 346 g/mol. The lowest BCUT2D eigenvalue weighted by atomic mass is 9.95. The van der Waals surface area contributed by atoms with Crippen LogP contribution in [0.1, 0.15) is 5.56 Å². The second-order valence-electron chi connectivity index (χ2n) is 5.39. The fourth-order valence-electron chi connectivity index (χ4n) is 3.06. The van der Waals surface area contributed by atoms with Gasteiger partial charge in [0.2, 0.25) is 3.79 Å². The van der Waals surface area contributed by atoms with Gasteiger partial charge in [-0.15, -0.1) is 0 Å². The molecule has 3 heteroatoms. The third-order valence-corrected chi connectivity index (χ3v) is 4.58. The van der Waals surface area contributed by atoms with Crippen molar-refractivity contribution in [1.29, 1.82) is 0 Å². The Morgan fingerprint density at radius 1 is 0.545 bits per heavy atom. The lowest BCUT2D eigenvalue weighted by Crippen LogP contribution is -2.02. The van der Waals surface area contributed by atoms with Crippen LogP contribution in [0.4, 0.5) is 0 Å². The molecule has 108 valence electrons. The molecule has 0 saturated heterocycles. The highest BCUT2D eigenvalue weighted by atomic mass is 35.6. The van der Waals surface area contributed by atoms with E-state index in [1.807, 2.05) is 36.4 Å². The molecule has 0 N–H and O–H groups in total. The number of fused-ring (bicyclic) bond motifs is 3. The van der Waals surface area contributed by atoms with Crippen molar-refractivity contribution in [1.82, 2.24) is 0 Å². The number of hydrogen-bond acceptors (Lipinski definition) is 0. The molecular weight excluding hydrogens is 335 g/mol. The average Bonchev–Trinajstić information content (AvgIpc) is 2.49. The molecule has 0 fully saturated rings. The number of alkyl halides is 3. The minimum absolute atomic E-state index is 0.747. The predicted octanol–water partition coefficient (Wildman–Crippen LogP) is 6.97. The third-order valence-electron chi connectivity index (χ3n) is 4.01. The maximum Gasteiger partial charge on any atom is 0.217 e. The van der Waals surface area contributed by atoms with Crippen molar-refractivity contribution in [2.24, 2.45) is 0 Å². The Kier molecular flexibility index (Phi) is 3.23. The zero-order valence-electron chi connectivity index (χ0n) is 11.5. The van der Waals surface area contributed by atoms with E-state index < -0.39 is 3.79 Å². The Morgan fingerprint density at radius 2 is 1.09 bits per heavy atom. The van der Waals surface area contributed by atoms with Gasteiger partial charge in [0.1, 0.15) is 0 Å². The molecule has 0 bridgehead atoms. The summed E-state index contributed by atoms with van der Waals surface area (Å²) in [4.78, 5) is 0. The van der Waals surface area contributed by atoms with Crippen molar-refractivity contribution in [2.45, 2.75) is 3.79 Å². The third kappa shape index (κ3) is 2.23. The molecule has 0 saturated carbocycles. The smallest absolute Gasteiger partial charge is 0.0784 e. The zero-order chi connectivity index (χ0) is 15.3. The summed E-state index contributed by atoms with van der Waals surface area (Å²) in [7, 11) is 0. The number of benzene rings is 4. The number of hydrogen-bond donors (Lipinski definition) is 0. The molecule has 4 rings (SSSR count). The van der Waals surface area contributed by atoms with E-state index in [0.29, 0.717) is 0 Å². The molecule has 0 atom stereocenters. The van der Waals surface area contributed by atoms with E-state index in [-0.39, 0.29) is 0 Å². The lowest BCUT2D eigenvalue weighted by Gasteiger charge is -2.18. The van der Waals surface area contributed by atoms with Crippen LogP contribution in [-0.4, -0.2) is 0 Å². The molecule has 0 amide bonds. The van der Waals surface area contributed by atoms with Gasteiger partial charge in [-0.05, 0) is 50.5 Å². The summed E-state index contributed by atoms with van der Waals surface area (Å²) < 4.78 is -1.47. The van der Waals surface area contributed by atoms with Gasteiger partial charge in [-0.3, -0.25) is 0 Å². The normalized spacial score (nSPS) is 12.3. The van der Waals surface area contributed by atoms with Gasteiger partial charge in [0, 0.05) is 5.56 Å². The monoisotopic (exact) mass is 344 g/mol. The molecule has 0 nitrogen and oxygen atoms in total. The first-order valence-electron chi connectivity index (χ1n) is 6.95. The Bertz CT molecular complexity index is 1010. The van der Waals surface area contributed by atoms with Gasteiger partial charge in [0.25, 0.3) is 0 Å². The van der Waals surface area contributed by atoms with Gasteiger partial charge in [0.05, 0.1) is 0 Å². The maximum absolute atomic E-state index is 6.30. The van der Waals surface area contributed by atoms with E-state index >= 15 is 0 Å². The Hall–Kier alpha value is -1.47. The molecule has 0 spiro atoms. The van der Waals surface area contributed by atoms with E-state index in [2.05, 4.69) is 30.3 Å². The first-order valence-corrected chi connectivity index (χ1v) is 8.09. The lowest BCUT2D eigenvalue weighted by molar-refractivity contribution is 1.30. The van der Waals surface area contributed by atoms with Crippen molar-refractivity contribution in [3.63, 3.8) is 0 Å². The van der Waals surface area contributed by atoms with Gasteiger partial charge in [-0.1, -0.05) is 83.3 Å². The van der Waals surface area contributed by atoms with Crippen LogP contribution in [0.15, 0.2) is 66.7 Å². The fourth-order valence-corrected chi connectivity index (χ4v) is 3.67. The Balaban J connectivity index is 2.27. The van der Waals surface area contributed by atoms with Gasteiger partial charge >= 0.3 is 0 Å². The first kappa shape index (κ1) is 14.1. The Labute approximate surface area is 143 Å². The largest absolute Gasteiger partial charge is 0.217 e. The highest BCUT2D eigenvalue weighted by molar-refractivity contribution is 6.67. The van der Waals surface area contributed by atoms with Crippen molar-refractivity contribution in [2.75, 3.05) is 0 Å². The minimum atomic E-state index is -1.47. The summed E-state index contributed by atoms with van der Waals surface area (Å²) in [6.45, 7) is 0. The van der Waals surface area contributed by atoms with Crippen LogP contribution < -0.4 is 0 Å². The molecule has 0 aliphatic rings. The first-order chi connectivity index (χ1) is 10.5. The minimum Gasteiger partial charge on any atom is -0.0784 e. The van der Waals surface area contributed by atoms with Crippen molar-refractivity contribution in [3.05, 3.63) is 72.3 Å². The highest BCUT2D eigenvalue weighted by Gasteiger charge is 2.27. The molecule has 0 radical (unpaired) electrons. The topological polar surface area (TPSA) is 0 Å². The summed E-state index contributed by atoms with van der Waals surface area (Å²) in [5, 5.41) is 6.44. The predicted molar refractivity (Wildman–Crippen MR) is 98.2 cm³/mol. The molecule has 0 unspecified atom stereocenters. The van der Waals surface area contributed by atoms with Crippen LogP contribution in [0.25, 0.3) is 32.3 Å². The van der Waals surface area contributed by atoms with E-state index in [1.165, 1.54) is 5.39 Å². The summed E-state index contributed by atoms with van der Waals surface area (Å²) >= 11 is 18.9. The summed E-state index contributed by atoms with van der Waals surface area (Å²) in [5.74, 6) is 0. The summed E-state index contributed by atoms with van der Waals surface area (Å²) in [6, 6.07) is 22.6. The molecule has 0 aliphatic heterocycles. The van der Waals surface area contributed by atoms with Crippen LogP contribution in [0.3, 0.4) is 0 Å². The molecule has 0 heterocycles. The fraction of sp³-hybridized carbons (Fsp3) is 0.0526. The van der Waals surface area contributed by atoms with Crippen LogP contribution >= 0.6 is 34.8 Å². The van der Waals surface area contributed by atoms with Gasteiger partial charge in [-0.25, -0.2) is 0 Å². The van der Waals surface area contributed by atoms with Crippen LogP contribution in [-0.2, 0) is 3.79 Å². The summed E-state index contributed by atoms with van der Waals surface area (Å²) in [6.07, 6.45) is 0. The second-order valence-corrected chi connectivity index (χ2v) is 7.67. The van der Waals surface area contributed by atoms with Gasteiger partial charge in [0.15, 0.2) is 0 Å². The SMILES string of the molecule is ClC(Cl)(Cl)c1c2ccccc2cc2cc3ccccc3cc12. The van der Waals surface area contributed by atoms with E-state index in [9.17, 15) is 0 Å². The van der Waals surface area contributed by atoms with Crippen LogP contribution in [0.5, 0.6) is 0 Å². The molecule has 4 aromatic carbocycles. The van der Waals surface area contributed by atoms with E-state index in [1.54, 1.807) is 0 Å². The molecule has 0 aromatic heterocycles.